The molecule has 0 heterocycles. The number of nitrogens with one attached hydrogen (secondary N) is 2. The van der Waals surface area contributed by atoms with Crippen molar-refractivity contribution in [2.24, 2.45) is 4.99 Å². The first kappa shape index (κ1) is 21.6. The van der Waals surface area contributed by atoms with Gasteiger partial charge in [0.05, 0.1) is 22.8 Å². The van der Waals surface area contributed by atoms with Gasteiger partial charge < -0.3 is 10.2 Å². The molecule has 0 saturated heterocycles. The van der Waals surface area contributed by atoms with E-state index in [1.807, 2.05) is 19.1 Å². The Kier molecular flexibility index (Phi) is 7.23. The third-order valence-electron chi connectivity index (χ3n) is 5.32. The Balaban J connectivity index is 1.81. The number of aryl methyl sites for hydroxylation is 1. The van der Waals surface area contributed by atoms with Crippen molar-refractivity contribution in [3.8, 4) is 0 Å². The molecule has 0 unspecified atom stereocenters. The van der Waals surface area contributed by atoms with Crippen LogP contribution in [-0.4, -0.2) is 24.5 Å². The fourth-order valence-electron chi connectivity index (χ4n) is 3.52. The largest absolute Gasteiger partial charge is 0.372 e. The minimum atomic E-state index is 0.472. The molecular formula is C26H32N4. The summed E-state index contributed by atoms with van der Waals surface area (Å²) >= 11 is 0. The van der Waals surface area contributed by atoms with Crippen molar-refractivity contribution in [2.75, 3.05) is 23.3 Å². The Morgan fingerprint density at radius 2 is 1.63 bits per heavy atom. The first-order valence-electron chi connectivity index (χ1n) is 10.8. The zero-order valence-corrected chi connectivity index (χ0v) is 18.5. The molecule has 0 radical (unpaired) electrons. The van der Waals surface area contributed by atoms with Crippen molar-refractivity contribution in [1.29, 1.82) is 5.41 Å². The highest BCUT2D eigenvalue weighted by Gasteiger charge is 2.14. The molecule has 0 aromatic heterocycles. The van der Waals surface area contributed by atoms with Crippen LogP contribution in [-0.2, 0) is 6.42 Å². The maximum Gasteiger partial charge on any atom is 0.0778 e. The van der Waals surface area contributed by atoms with Crippen LogP contribution < -0.4 is 10.2 Å². The van der Waals surface area contributed by atoms with Gasteiger partial charge in [0.15, 0.2) is 0 Å². The van der Waals surface area contributed by atoms with Crippen molar-refractivity contribution in [3.05, 3.63) is 77.5 Å². The van der Waals surface area contributed by atoms with Crippen molar-refractivity contribution in [2.45, 2.75) is 40.5 Å². The molecule has 0 saturated carbocycles. The second kappa shape index (κ2) is 10.1. The van der Waals surface area contributed by atoms with Crippen LogP contribution in [0.4, 0.5) is 17.1 Å². The van der Waals surface area contributed by atoms with Crippen LogP contribution >= 0.6 is 0 Å². The summed E-state index contributed by atoms with van der Waals surface area (Å²) in [6.07, 6.45) is 5.99. The normalized spacial score (nSPS) is 15.1. The predicted molar refractivity (Wildman–Crippen MR) is 131 cm³/mol. The SMILES string of the molecule is CCCN(CC)c1ccc(/N=C2/C=C(Nc3ccc(CC)cc3)C(=N)C=C2C)cc1. The molecule has 0 fully saturated rings. The molecule has 3 rings (SSSR count). The lowest BCUT2D eigenvalue weighted by Crippen LogP contribution is -2.23. The van der Waals surface area contributed by atoms with Gasteiger partial charge >= 0.3 is 0 Å². The van der Waals surface area contributed by atoms with Crippen LogP contribution in [0.1, 0.15) is 39.7 Å². The third-order valence-corrected chi connectivity index (χ3v) is 5.32. The number of benzene rings is 2. The van der Waals surface area contributed by atoms with Gasteiger partial charge in [0, 0.05) is 24.5 Å². The van der Waals surface area contributed by atoms with Gasteiger partial charge in [-0.3, -0.25) is 5.41 Å². The average Bonchev–Trinajstić information content (AvgIpc) is 2.76. The van der Waals surface area contributed by atoms with Gasteiger partial charge in [-0.05, 0) is 86.4 Å². The molecule has 2 aromatic carbocycles. The van der Waals surface area contributed by atoms with E-state index in [1.54, 1.807) is 0 Å². The molecule has 4 nitrogen and oxygen atoms in total. The highest BCUT2D eigenvalue weighted by molar-refractivity contribution is 6.24. The number of anilines is 2. The maximum absolute atomic E-state index is 8.34. The number of hydrogen-bond acceptors (Lipinski definition) is 4. The molecule has 0 bridgehead atoms. The zero-order chi connectivity index (χ0) is 21.5. The third kappa shape index (κ3) is 5.26. The van der Waals surface area contributed by atoms with Crippen LogP contribution in [0.15, 0.2) is 76.9 Å². The van der Waals surface area contributed by atoms with Crippen molar-refractivity contribution in [3.63, 3.8) is 0 Å². The maximum atomic E-state index is 8.34. The van der Waals surface area contributed by atoms with E-state index in [9.17, 15) is 0 Å². The molecule has 4 heteroatoms. The molecule has 1 aliphatic carbocycles. The number of allylic oxidation sites excluding steroid dienone is 3. The molecule has 0 atom stereocenters. The fraction of sp³-hybridized carbons (Fsp3) is 0.308. The van der Waals surface area contributed by atoms with Gasteiger partial charge in [-0.25, -0.2) is 4.99 Å². The van der Waals surface area contributed by atoms with Crippen molar-refractivity contribution < 1.29 is 0 Å². The summed E-state index contributed by atoms with van der Waals surface area (Å²) in [6.45, 7) is 10.6. The standard InChI is InChI=1S/C26H32N4/c1-5-16-30(7-3)23-14-12-22(13-15-23)28-25-18-26(24(27)17-19(25)4)29-21-10-8-20(6-2)9-11-21/h8-15,17-18,27,29H,5-7,16H2,1-4H3/b27-24?,28-25-. The van der Waals surface area contributed by atoms with E-state index in [4.69, 9.17) is 10.4 Å². The summed E-state index contributed by atoms with van der Waals surface area (Å²) < 4.78 is 0. The van der Waals surface area contributed by atoms with Gasteiger partial charge in [0.1, 0.15) is 0 Å². The molecule has 2 N–H and O–H groups in total. The summed E-state index contributed by atoms with van der Waals surface area (Å²) in [4.78, 5) is 7.21. The zero-order valence-electron chi connectivity index (χ0n) is 18.5. The van der Waals surface area contributed by atoms with Gasteiger partial charge in [-0.1, -0.05) is 26.0 Å². The summed E-state index contributed by atoms with van der Waals surface area (Å²) in [5.74, 6) is 0. The lowest BCUT2D eigenvalue weighted by molar-refractivity contribution is 0.792. The van der Waals surface area contributed by atoms with E-state index in [2.05, 4.69) is 79.5 Å². The van der Waals surface area contributed by atoms with Crippen LogP contribution in [0.3, 0.4) is 0 Å². The molecule has 0 amide bonds. The molecule has 2 aromatic rings. The predicted octanol–water partition coefficient (Wildman–Crippen LogP) is 6.53. The second-order valence-corrected chi connectivity index (χ2v) is 7.57. The van der Waals surface area contributed by atoms with Crippen LogP contribution in [0, 0.1) is 5.41 Å². The fourth-order valence-corrected chi connectivity index (χ4v) is 3.52. The Bertz CT molecular complexity index is 963. The molecular weight excluding hydrogens is 368 g/mol. The lowest BCUT2D eigenvalue weighted by atomic mass is 10.0. The second-order valence-electron chi connectivity index (χ2n) is 7.57. The van der Waals surface area contributed by atoms with Gasteiger partial charge in [0.2, 0.25) is 0 Å². The quantitative estimate of drug-likeness (QED) is 0.495. The Morgan fingerprint density at radius 1 is 0.933 bits per heavy atom. The van der Waals surface area contributed by atoms with E-state index in [0.717, 1.165) is 54.3 Å². The van der Waals surface area contributed by atoms with Crippen LogP contribution in [0.5, 0.6) is 0 Å². The molecule has 156 valence electrons. The van der Waals surface area contributed by atoms with Gasteiger partial charge in [0.25, 0.3) is 0 Å². The Hall–Kier alpha value is -3.14. The van der Waals surface area contributed by atoms with Crippen LogP contribution in [0.25, 0.3) is 0 Å². The highest BCUT2D eigenvalue weighted by atomic mass is 15.1. The first-order chi connectivity index (χ1) is 14.5. The monoisotopic (exact) mass is 400 g/mol. The average molecular weight is 401 g/mol. The van der Waals surface area contributed by atoms with E-state index in [0.29, 0.717) is 5.71 Å². The summed E-state index contributed by atoms with van der Waals surface area (Å²) in [6, 6.07) is 16.8. The van der Waals surface area contributed by atoms with Crippen molar-refractivity contribution >= 4 is 28.5 Å². The van der Waals surface area contributed by atoms with Crippen LogP contribution in [0.2, 0.25) is 0 Å². The summed E-state index contributed by atoms with van der Waals surface area (Å²) in [5, 5.41) is 11.7. The highest BCUT2D eigenvalue weighted by Crippen LogP contribution is 2.23. The first-order valence-corrected chi connectivity index (χ1v) is 10.8. The van der Waals surface area contributed by atoms with E-state index >= 15 is 0 Å². The molecule has 0 spiro atoms. The molecule has 30 heavy (non-hydrogen) atoms. The van der Waals surface area contributed by atoms with E-state index in [-0.39, 0.29) is 0 Å². The van der Waals surface area contributed by atoms with Gasteiger partial charge in [-0.2, -0.15) is 0 Å². The minimum Gasteiger partial charge on any atom is -0.372 e. The molecule has 1 aliphatic rings. The number of rotatable bonds is 8. The minimum absolute atomic E-state index is 0.472. The molecule has 0 aliphatic heterocycles. The smallest absolute Gasteiger partial charge is 0.0778 e. The summed E-state index contributed by atoms with van der Waals surface area (Å²) in [5.41, 5.74) is 7.55. The van der Waals surface area contributed by atoms with Crippen molar-refractivity contribution in [1.82, 2.24) is 0 Å². The van der Waals surface area contributed by atoms with E-state index in [1.165, 1.54) is 11.3 Å². The Morgan fingerprint density at radius 3 is 2.23 bits per heavy atom. The van der Waals surface area contributed by atoms with E-state index < -0.39 is 0 Å². The lowest BCUT2D eigenvalue weighted by Gasteiger charge is -2.22. The Labute approximate surface area is 180 Å². The topological polar surface area (TPSA) is 51.5 Å². The number of hydrogen-bond donors (Lipinski definition) is 2. The summed E-state index contributed by atoms with van der Waals surface area (Å²) in [7, 11) is 0. The number of aliphatic imine (C=N–C) groups is 1. The number of nitrogens with zero attached hydrogens (tertiary/aromatic N) is 2. The van der Waals surface area contributed by atoms with Gasteiger partial charge in [-0.15, -0.1) is 0 Å².